The van der Waals surface area contributed by atoms with Crippen LogP contribution in [-0.4, -0.2) is 18.4 Å². The van der Waals surface area contributed by atoms with Gasteiger partial charge in [0.15, 0.2) is 12.4 Å². The summed E-state index contributed by atoms with van der Waals surface area (Å²) in [4.78, 5) is 21.9. The lowest BCUT2D eigenvalue weighted by Crippen LogP contribution is -2.16. The van der Waals surface area contributed by atoms with Crippen molar-refractivity contribution in [3.05, 3.63) is 34.9 Å². The van der Waals surface area contributed by atoms with E-state index in [-0.39, 0.29) is 0 Å². The zero-order chi connectivity index (χ0) is 11.4. The zero-order valence-corrected chi connectivity index (χ0v) is 9.11. The van der Waals surface area contributed by atoms with E-state index < -0.39 is 12.1 Å². The monoisotopic (exact) mass is 206 g/mol. The van der Waals surface area contributed by atoms with Gasteiger partial charge in [-0.3, -0.25) is 4.79 Å². The van der Waals surface area contributed by atoms with Crippen LogP contribution in [-0.2, 0) is 9.53 Å². The Kier molecular flexibility index (Phi) is 3.61. The summed E-state index contributed by atoms with van der Waals surface area (Å²) >= 11 is 0. The molecule has 0 saturated heterocycles. The first-order valence-corrected chi connectivity index (χ1v) is 4.78. The van der Waals surface area contributed by atoms with Crippen LogP contribution < -0.4 is 0 Å². The minimum atomic E-state index is -0.696. The van der Waals surface area contributed by atoms with Gasteiger partial charge in [0.05, 0.1) is 5.56 Å². The van der Waals surface area contributed by atoms with Crippen LogP contribution in [0.2, 0.25) is 0 Å². The second-order valence-electron chi connectivity index (χ2n) is 3.56. The average Bonchev–Trinajstić information content (AvgIpc) is 2.17. The molecule has 0 fully saturated rings. The van der Waals surface area contributed by atoms with Gasteiger partial charge in [-0.15, -0.1) is 0 Å². The van der Waals surface area contributed by atoms with E-state index in [1.165, 1.54) is 6.92 Å². The number of benzene rings is 1. The molecular weight excluding hydrogens is 192 g/mol. The van der Waals surface area contributed by atoms with Crippen LogP contribution in [0.25, 0.3) is 0 Å². The van der Waals surface area contributed by atoms with Crippen LogP contribution in [0.3, 0.4) is 0 Å². The van der Waals surface area contributed by atoms with Crippen LogP contribution >= 0.6 is 0 Å². The smallest absolute Gasteiger partial charge is 0.339 e. The van der Waals surface area contributed by atoms with Gasteiger partial charge >= 0.3 is 5.97 Å². The maximum atomic E-state index is 11.6. The van der Waals surface area contributed by atoms with Gasteiger partial charge in [-0.1, -0.05) is 17.7 Å². The van der Waals surface area contributed by atoms with Crippen LogP contribution in [0, 0.1) is 13.8 Å². The number of carbonyl (C=O) groups excluding carboxylic acids is 2. The van der Waals surface area contributed by atoms with E-state index in [1.54, 1.807) is 6.07 Å². The molecule has 1 aromatic carbocycles. The summed E-state index contributed by atoms with van der Waals surface area (Å²) in [6.07, 6.45) is -0.0975. The third-order valence-corrected chi connectivity index (χ3v) is 2.09. The molecule has 1 atom stereocenters. The number of carbonyl (C=O) groups is 2. The maximum absolute atomic E-state index is 11.6. The fourth-order valence-corrected chi connectivity index (χ4v) is 1.30. The molecule has 0 saturated carbocycles. The number of aryl methyl sites for hydroxylation is 2. The van der Waals surface area contributed by atoms with Gasteiger partial charge in [0.1, 0.15) is 0 Å². The normalized spacial score (nSPS) is 11.9. The highest BCUT2D eigenvalue weighted by Gasteiger charge is 2.13. The third-order valence-electron chi connectivity index (χ3n) is 2.09. The second kappa shape index (κ2) is 4.73. The van der Waals surface area contributed by atoms with Crippen molar-refractivity contribution in [2.24, 2.45) is 0 Å². The first kappa shape index (κ1) is 11.4. The van der Waals surface area contributed by atoms with Crippen molar-refractivity contribution in [1.29, 1.82) is 0 Å². The Bertz CT molecular complexity index is 382. The van der Waals surface area contributed by atoms with Gasteiger partial charge in [0.2, 0.25) is 0 Å². The van der Waals surface area contributed by atoms with Gasteiger partial charge in [0.25, 0.3) is 0 Å². The quantitative estimate of drug-likeness (QED) is 0.561. The van der Waals surface area contributed by atoms with Gasteiger partial charge in [0, 0.05) is 0 Å². The number of rotatable bonds is 3. The third kappa shape index (κ3) is 2.91. The largest absolute Gasteiger partial charge is 0.451 e. The van der Waals surface area contributed by atoms with Crippen LogP contribution in [0.15, 0.2) is 18.2 Å². The van der Waals surface area contributed by atoms with Crippen LogP contribution in [0.1, 0.15) is 28.4 Å². The summed E-state index contributed by atoms with van der Waals surface area (Å²) in [5.41, 5.74) is 2.46. The van der Waals surface area contributed by atoms with E-state index in [4.69, 9.17) is 4.74 Å². The van der Waals surface area contributed by atoms with Crippen molar-refractivity contribution < 1.29 is 14.3 Å². The fourth-order valence-electron chi connectivity index (χ4n) is 1.30. The van der Waals surface area contributed by atoms with Crippen molar-refractivity contribution in [2.45, 2.75) is 26.9 Å². The topological polar surface area (TPSA) is 43.4 Å². The molecule has 1 aromatic rings. The molecule has 0 aliphatic rings. The van der Waals surface area contributed by atoms with Gasteiger partial charge in [-0.05, 0) is 32.4 Å². The summed E-state index contributed by atoms with van der Waals surface area (Å²) in [6, 6.07) is 5.46. The Morgan fingerprint density at radius 3 is 2.60 bits per heavy atom. The molecule has 80 valence electrons. The lowest BCUT2D eigenvalue weighted by Gasteiger charge is -2.09. The number of aldehydes is 1. The lowest BCUT2D eigenvalue weighted by molar-refractivity contribution is -0.114. The van der Waals surface area contributed by atoms with E-state index in [0.717, 1.165) is 11.1 Å². The molecular formula is C12H14O3. The summed E-state index contributed by atoms with van der Waals surface area (Å²) in [5, 5.41) is 0. The van der Waals surface area contributed by atoms with Crippen molar-refractivity contribution in [3.8, 4) is 0 Å². The molecule has 0 aromatic heterocycles. The Morgan fingerprint density at radius 1 is 1.40 bits per heavy atom. The lowest BCUT2D eigenvalue weighted by atomic mass is 10.1. The van der Waals surface area contributed by atoms with Crippen molar-refractivity contribution >= 4 is 12.3 Å². The molecule has 1 rings (SSSR count). The molecule has 0 aliphatic carbocycles. The summed E-state index contributed by atoms with van der Waals surface area (Å²) in [6.45, 7) is 5.33. The van der Waals surface area contributed by atoms with Gasteiger partial charge in [-0.25, -0.2) is 4.79 Å². The highest BCUT2D eigenvalue weighted by molar-refractivity contribution is 5.91. The number of esters is 1. The standard InChI is InChI=1S/C12H14O3/c1-8-4-5-11(9(2)6-8)12(14)15-10(3)7-13/h4-7,10H,1-3H3. The molecule has 3 nitrogen and oxygen atoms in total. The van der Waals surface area contributed by atoms with Crippen LogP contribution in [0.4, 0.5) is 0 Å². The number of hydrogen-bond donors (Lipinski definition) is 0. The first-order chi connectivity index (χ1) is 7.04. The van der Waals surface area contributed by atoms with Crippen molar-refractivity contribution in [3.63, 3.8) is 0 Å². The minimum absolute atomic E-state index is 0.452. The molecule has 3 heteroatoms. The van der Waals surface area contributed by atoms with Crippen molar-refractivity contribution in [2.75, 3.05) is 0 Å². The van der Waals surface area contributed by atoms with Crippen molar-refractivity contribution in [1.82, 2.24) is 0 Å². The van der Waals surface area contributed by atoms with Crippen LogP contribution in [0.5, 0.6) is 0 Å². The number of ether oxygens (including phenoxy) is 1. The van der Waals surface area contributed by atoms with E-state index >= 15 is 0 Å². The minimum Gasteiger partial charge on any atom is -0.451 e. The highest BCUT2D eigenvalue weighted by atomic mass is 16.5. The van der Waals surface area contributed by atoms with E-state index in [9.17, 15) is 9.59 Å². The SMILES string of the molecule is Cc1ccc(C(=O)OC(C)C=O)c(C)c1. The fraction of sp³-hybridized carbons (Fsp3) is 0.333. The van der Waals surface area contributed by atoms with Gasteiger partial charge < -0.3 is 4.74 Å². The molecule has 0 radical (unpaired) electrons. The summed E-state index contributed by atoms with van der Waals surface area (Å²) in [5.74, 6) is -0.452. The molecule has 1 unspecified atom stereocenters. The molecule has 0 amide bonds. The molecule has 15 heavy (non-hydrogen) atoms. The summed E-state index contributed by atoms with van der Waals surface area (Å²) in [7, 11) is 0. The van der Waals surface area contributed by atoms with E-state index in [1.807, 2.05) is 26.0 Å². The first-order valence-electron chi connectivity index (χ1n) is 4.78. The second-order valence-corrected chi connectivity index (χ2v) is 3.56. The Morgan fingerprint density at radius 2 is 2.07 bits per heavy atom. The molecule has 0 spiro atoms. The molecule has 0 N–H and O–H groups in total. The van der Waals surface area contributed by atoms with Gasteiger partial charge in [-0.2, -0.15) is 0 Å². The maximum Gasteiger partial charge on any atom is 0.339 e. The Balaban J connectivity index is 2.87. The zero-order valence-electron chi connectivity index (χ0n) is 9.11. The molecule has 0 aliphatic heterocycles. The molecule has 0 bridgehead atoms. The number of hydrogen-bond acceptors (Lipinski definition) is 3. The summed E-state index contributed by atoms with van der Waals surface area (Å²) < 4.78 is 4.90. The highest BCUT2D eigenvalue weighted by Crippen LogP contribution is 2.12. The predicted molar refractivity (Wildman–Crippen MR) is 56.9 cm³/mol. The van der Waals surface area contributed by atoms with E-state index in [0.29, 0.717) is 11.8 Å². The average molecular weight is 206 g/mol. The Hall–Kier alpha value is -1.64. The molecule has 0 heterocycles. The Labute approximate surface area is 89.1 Å². The van der Waals surface area contributed by atoms with E-state index in [2.05, 4.69) is 0 Å². The predicted octanol–water partition coefficient (Wildman–Crippen LogP) is 2.05.